The molecule has 51 valence electrons. The molecule has 0 N–H and O–H groups in total. The molecule has 0 aromatic carbocycles. The van der Waals surface area contributed by atoms with Crippen LogP contribution in [0.2, 0.25) is 0 Å². The van der Waals surface area contributed by atoms with Gasteiger partial charge in [0.2, 0.25) is 0 Å². The predicted octanol–water partition coefficient (Wildman–Crippen LogP) is -0.0895. The summed E-state index contributed by atoms with van der Waals surface area (Å²) in [6.07, 6.45) is 2.96. The van der Waals surface area contributed by atoms with E-state index in [1.54, 1.807) is 0 Å². The van der Waals surface area contributed by atoms with Crippen molar-refractivity contribution in [2.75, 3.05) is 0 Å². The number of nitrogens with zero attached hydrogens (tertiary/aromatic N) is 1. The Morgan fingerprint density at radius 1 is 1.70 bits per heavy atom. The number of allylic oxidation sites excluding steroid dienone is 3. The fourth-order valence-corrected chi connectivity index (χ4v) is 0.901. The van der Waals surface area contributed by atoms with Crippen molar-refractivity contribution < 1.29 is 24.3 Å². The Bertz CT molecular complexity index is 200. The van der Waals surface area contributed by atoms with E-state index in [-0.39, 0.29) is 5.70 Å². The standard InChI is InChI=1S/C5H5BNO2.W/c1-5(7(8)9)3-2-4-6;/h1-4,6H;/b4-2?,5-3+;. The van der Waals surface area contributed by atoms with E-state index < -0.39 is 4.92 Å². The van der Waals surface area contributed by atoms with Crippen LogP contribution in [0.4, 0.5) is 0 Å². The van der Waals surface area contributed by atoms with E-state index >= 15 is 0 Å². The summed E-state index contributed by atoms with van der Waals surface area (Å²) in [7, 11) is 3.40. The van der Waals surface area contributed by atoms with E-state index in [4.69, 9.17) is 0 Å². The molecule has 0 atom stereocenters. The van der Waals surface area contributed by atoms with Gasteiger partial charge in [-0.25, -0.2) is 0 Å². The summed E-state index contributed by atoms with van der Waals surface area (Å²) >= 11 is 1.07. The summed E-state index contributed by atoms with van der Waals surface area (Å²) in [6, 6.07) is 0. The van der Waals surface area contributed by atoms with Gasteiger partial charge in [-0.3, -0.25) is 0 Å². The van der Waals surface area contributed by atoms with Gasteiger partial charge in [-0.05, 0) is 0 Å². The van der Waals surface area contributed by atoms with Crippen molar-refractivity contribution >= 4 is 12.2 Å². The van der Waals surface area contributed by atoms with Crippen LogP contribution in [0.25, 0.3) is 0 Å². The van der Waals surface area contributed by atoms with Gasteiger partial charge in [-0.15, -0.1) is 0 Å². The van der Waals surface area contributed by atoms with E-state index in [0.29, 0.717) is 0 Å². The molecular formula is C5H5BNO2W. The zero-order chi connectivity index (χ0) is 7.98. The van der Waals surface area contributed by atoms with Crippen LogP contribution >= 0.6 is 0 Å². The number of hydrogen-bond donors (Lipinski definition) is 0. The normalized spacial score (nSPS) is 11.8. The molecule has 0 rings (SSSR count). The third kappa shape index (κ3) is 3.51. The van der Waals surface area contributed by atoms with Crippen LogP contribution in [0.15, 0.2) is 23.8 Å². The minimum atomic E-state index is -0.424. The molecule has 10 heavy (non-hydrogen) atoms. The molecule has 5 heteroatoms. The summed E-state index contributed by atoms with van der Waals surface area (Å²) in [5, 5.41) is 10.1. The maximum atomic E-state index is 10.1. The zero-order valence-electron chi connectivity index (χ0n) is 5.19. The van der Waals surface area contributed by atoms with Crippen molar-refractivity contribution in [2.24, 2.45) is 0 Å². The van der Waals surface area contributed by atoms with Gasteiger partial charge in [-0.1, -0.05) is 0 Å². The molecule has 0 saturated carbocycles. The van der Waals surface area contributed by atoms with Crippen molar-refractivity contribution in [1.29, 1.82) is 0 Å². The second kappa shape index (κ2) is 5.30. The molecule has 0 bridgehead atoms. The molecule has 0 fully saturated rings. The maximum absolute atomic E-state index is 10.1. The van der Waals surface area contributed by atoms with Gasteiger partial charge in [-0.2, -0.15) is 0 Å². The summed E-state index contributed by atoms with van der Waals surface area (Å²) in [6.45, 7) is 0. The number of hydrogen-bond acceptors (Lipinski definition) is 2. The van der Waals surface area contributed by atoms with E-state index in [1.165, 1.54) is 22.5 Å². The van der Waals surface area contributed by atoms with Crippen molar-refractivity contribution in [3.63, 3.8) is 0 Å². The Hall–Kier alpha value is -0.497. The van der Waals surface area contributed by atoms with Crippen LogP contribution in [-0.4, -0.2) is 17.2 Å². The van der Waals surface area contributed by atoms with Crippen molar-refractivity contribution in [1.82, 2.24) is 0 Å². The van der Waals surface area contributed by atoms with Crippen LogP contribution < -0.4 is 0 Å². The van der Waals surface area contributed by atoms with Crippen LogP contribution in [0.3, 0.4) is 0 Å². The number of nitro groups is 1. The second-order valence-corrected chi connectivity index (χ2v) is 2.24. The molecule has 1 radical (unpaired) electrons. The Kier molecular flexibility index (Phi) is 5.04. The van der Waals surface area contributed by atoms with Crippen LogP contribution in [0, 0.1) is 10.1 Å². The van der Waals surface area contributed by atoms with Crippen molar-refractivity contribution in [2.45, 2.75) is 0 Å². The van der Waals surface area contributed by atoms with Gasteiger partial charge in [0.25, 0.3) is 0 Å². The minimum absolute atomic E-state index is 0.120. The van der Waals surface area contributed by atoms with E-state index in [1.807, 2.05) is 0 Å². The SMILES string of the molecule is [BH]C=C/C=C(\[CH]=[W])[N+](=O)[O-]. The molecule has 0 spiro atoms. The van der Waals surface area contributed by atoms with Gasteiger partial charge < -0.3 is 0 Å². The zero-order valence-corrected chi connectivity index (χ0v) is 8.12. The second-order valence-electron chi connectivity index (χ2n) is 1.39. The molecule has 0 heterocycles. The fourth-order valence-electron chi connectivity index (χ4n) is 0.310. The Balaban J connectivity index is 4.33. The van der Waals surface area contributed by atoms with Gasteiger partial charge in [0.15, 0.2) is 0 Å². The first-order valence-corrected chi connectivity index (χ1v) is 4.17. The molecule has 0 unspecified atom stereocenters. The molecule has 0 amide bonds. The summed E-state index contributed by atoms with van der Waals surface area (Å²) in [5.41, 5.74) is 0.120. The number of rotatable bonds is 3. The Morgan fingerprint density at radius 2 is 2.30 bits per heavy atom. The molecular weight excluding hydrogens is 301 g/mol. The molecule has 0 aliphatic heterocycles. The van der Waals surface area contributed by atoms with Crippen LogP contribution in [-0.2, 0) is 19.4 Å². The summed E-state index contributed by atoms with van der Waals surface area (Å²) in [4.78, 5) is 9.68. The molecule has 3 nitrogen and oxygen atoms in total. The topological polar surface area (TPSA) is 43.1 Å². The Morgan fingerprint density at radius 3 is 2.60 bits per heavy atom. The van der Waals surface area contributed by atoms with E-state index in [0.717, 1.165) is 19.4 Å². The first-order chi connectivity index (χ1) is 4.72. The van der Waals surface area contributed by atoms with Gasteiger partial charge >= 0.3 is 70.5 Å². The fraction of sp³-hybridized carbons (Fsp3) is 0. The molecule has 0 saturated heterocycles. The predicted molar refractivity (Wildman–Crippen MR) is 37.4 cm³/mol. The van der Waals surface area contributed by atoms with Crippen LogP contribution in [0.1, 0.15) is 0 Å². The third-order valence-electron chi connectivity index (χ3n) is 0.735. The van der Waals surface area contributed by atoms with Gasteiger partial charge in [0.05, 0.1) is 0 Å². The molecule has 0 aliphatic rings. The van der Waals surface area contributed by atoms with Gasteiger partial charge in [0.1, 0.15) is 0 Å². The summed E-state index contributed by atoms with van der Waals surface area (Å²) < 4.78 is 1.51. The summed E-state index contributed by atoms with van der Waals surface area (Å²) in [5.74, 6) is 1.50. The van der Waals surface area contributed by atoms with Gasteiger partial charge in [0, 0.05) is 0 Å². The average Bonchev–Trinajstić information content (AvgIpc) is 1.89. The van der Waals surface area contributed by atoms with Crippen molar-refractivity contribution in [3.05, 3.63) is 33.9 Å². The molecule has 0 aromatic heterocycles. The first-order valence-electron chi connectivity index (χ1n) is 2.48. The Labute approximate surface area is 70.8 Å². The third-order valence-corrected chi connectivity index (χ3v) is 1.60. The molecule has 0 aromatic rings. The monoisotopic (exact) mass is 306 g/mol. The quantitative estimate of drug-likeness (QED) is 0.317. The van der Waals surface area contributed by atoms with Crippen LogP contribution in [0.5, 0.6) is 0 Å². The van der Waals surface area contributed by atoms with E-state index in [2.05, 4.69) is 7.85 Å². The van der Waals surface area contributed by atoms with E-state index in [9.17, 15) is 10.1 Å². The first kappa shape index (κ1) is 9.50. The van der Waals surface area contributed by atoms with Crippen molar-refractivity contribution in [3.8, 4) is 0 Å². The average molecular weight is 306 g/mol. The molecule has 0 aliphatic carbocycles.